The molecule has 27 heavy (non-hydrogen) atoms. The summed E-state index contributed by atoms with van der Waals surface area (Å²) in [6.45, 7) is 1.78. The van der Waals surface area contributed by atoms with Gasteiger partial charge in [0.15, 0.2) is 0 Å². The Bertz CT molecular complexity index is 940. The fraction of sp³-hybridized carbons (Fsp3) is 0.167. The van der Waals surface area contributed by atoms with Crippen LogP contribution in [0.4, 0.5) is 24.8 Å². The second-order valence-electron chi connectivity index (χ2n) is 5.65. The van der Waals surface area contributed by atoms with Gasteiger partial charge >= 0.3 is 6.18 Å². The van der Waals surface area contributed by atoms with Gasteiger partial charge in [0.25, 0.3) is 5.91 Å². The number of aromatic nitrogens is 2. The molecule has 1 amide bonds. The molecule has 2 aromatic heterocycles. The van der Waals surface area contributed by atoms with Crippen molar-refractivity contribution in [2.75, 3.05) is 5.32 Å². The highest BCUT2D eigenvalue weighted by Crippen LogP contribution is 2.35. The Morgan fingerprint density at radius 2 is 1.93 bits per heavy atom. The molecule has 0 saturated carbocycles. The first-order chi connectivity index (χ1) is 12.8. The zero-order valence-electron chi connectivity index (χ0n) is 14.2. The number of hydrogen-bond acceptors (Lipinski definition) is 5. The summed E-state index contributed by atoms with van der Waals surface area (Å²) in [5.74, 6) is -0.0366. The lowest BCUT2D eigenvalue weighted by Gasteiger charge is -2.14. The van der Waals surface area contributed by atoms with Crippen LogP contribution in [0.5, 0.6) is 0 Å². The van der Waals surface area contributed by atoms with Crippen molar-refractivity contribution in [2.24, 2.45) is 0 Å². The van der Waals surface area contributed by atoms with Gasteiger partial charge in [0.05, 0.1) is 24.1 Å². The average Bonchev–Trinajstić information content (AvgIpc) is 3.12. The number of carbonyl (C=O) groups is 1. The van der Waals surface area contributed by atoms with E-state index in [4.69, 9.17) is 4.42 Å². The van der Waals surface area contributed by atoms with Gasteiger partial charge in [-0.1, -0.05) is 12.1 Å². The molecular weight excluding hydrogens is 361 g/mol. The summed E-state index contributed by atoms with van der Waals surface area (Å²) >= 11 is 0. The standard InChI is InChI=1S/C18H15F3N4O2/c1-11-9-15(16(26)22-10-12-5-4-8-27-12)25-17(23-11)24-14-7-3-2-6-13(14)18(19,20)21/h2-9H,10H2,1H3,(H,22,26)(H,23,24,25). The van der Waals surface area contributed by atoms with Gasteiger partial charge in [-0.05, 0) is 37.3 Å². The summed E-state index contributed by atoms with van der Waals surface area (Å²) in [4.78, 5) is 20.3. The fourth-order valence-corrected chi connectivity index (χ4v) is 2.37. The first kappa shape index (κ1) is 18.4. The summed E-state index contributed by atoms with van der Waals surface area (Å²) in [5.41, 5.74) is -0.586. The molecule has 0 aliphatic rings. The van der Waals surface area contributed by atoms with Crippen LogP contribution in [0.2, 0.25) is 0 Å². The number of aryl methyl sites for hydroxylation is 1. The van der Waals surface area contributed by atoms with Crippen LogP contribution in [-0.2, 0) is 12.7 Å². The van der Waals surface area contributed by atoms with Crippen molar-refractivity contribution >= 4 is 17.5 Å². The maximum Gasteiger partial charge on any atom is 0.418 e. The Balaban J connectivity index is 1.81. The summed E-state index contributed by atoms with van der Waals surface area (Å²) in [5, 5.41) is 5.17. The summed E-state index contributed by atoms with van der Waals surface area (Å²) < 4.78 is 44.5. The number of halogens is 3. The van der Waals surface area contributed by atoms with Crippen LogP contribution in [0, 0.1) is 6.92 Å². The molecule has 0 spiro atoms. The van der Waals surface area contributed by atoms with E-state index < -0.39 is 17.6 Å². The van der Waals surface area contributed by atoms with Crippen molar-refractivity contribution in [1.82, 2.24) is 15.3 Å². The highest BCUT2D eigenvalue weighted by molar-refractivity contribution is 5.92. The van der Waals surface area contributed by atoms with Gasteiger partial charge < -0.3 is 15.1 Å². The SMILES string of the molecule is Cc1cc(C(=O)NCc2ccco2)nc(Nc2ccccc2C(F)(F)F)n1. The molecule has 0 unspecified atom stereocenters. The largest absolute Gasteiger partial charge is 0.467 e. The zero-order valence-corrected chi connectivity index (χ0v) is 14.2. The quantitative estimate of drug-likeness (QED) is 0.702. The van der Waals surface area contributed by atoms with Crippen LogP contribution < -0.4 is 10.6 Å². The van der Waals surface area contributed by atoms with Gasteiger partial charge in [0, 0.05) is 5.69 Å². The van der Waals surface area contributed by atoms with E-state index in [1.165, 1.54) is 30.5 Å². The van der Waals surface area contributed by atoms with E-state index in [1.807, 2.05) is 0 Å². The molecule has 0 aliphatic carbocycles. The fourth-order valence-electron chi connectivity index (χ4n) is 2.37. The van der Waals surface area contributed by atoms with Gasteiger partial charge in [-0.25, -0.2) is 9.97 Å². The van der Waals surface area contributed by atoms with Crippen molar-refractivity contribution in [3.63, 3.8) is 0 Å². The monoisotopic (exact) mass is 376 g/mol. The minimum absolute atomic E-state index is 0.0287. The van der Waals surface area contributed by atoms with Crippen molar-refractivity contribution in [1.29, 1.82) is 0 Å². The molecular formula is C18H15F3N4O2. The van der Waals surface area contributed by atoms with Gasteiger partial charge in [-0.3, -0.25) is 4.79 Å². The Kier molecular flexibility index (Phi) is 5.11. The summed E-state index contributed by atoms with van der Waals surface area (Å²) in [6, 6.07) is 9.81. The Morgan fingerprint density at radius 3 is 2.63 bits per heavy atom. The Labute approximate surface area is 152 Å². The van der Waals surface area contributed by atoms with Crippen molar-refractivity contribution in [3.8, 4) is 0 Å². The van der Waals surface area contributed by atoms with Crippen molar-refractivity contribution in [3.05, 3.63) is 71.4 Å². The maximum atomic E-state index is 13.1. The minimum Gasteiger partial charge on any atom is -0.467 e. The lowest BCUT2D eigenvalue weighted by atomic mass is 10.1. The van der Waals surface area contributed by atoms with Crippen molar-refractivity contribution in [2.45, 2.75) is 19.6 Å². The minimum atomic E-state index is -4.53. The molecule has 0 aliphatic heterocycles. The Morgan fingerprint density at radius 1 is 1.15 bits per heavy atom. The first-order valence-electron chi connectivity index (χ1n) is 7.92. The van der Waals surface area contributed by atoms with Crippen LogP contribution in [0.1, 0.15) is 27.5 Å². The van der Waals surface area contributed by atoms with Crippen molar-refractivity contribution < 1.29 is 22.4 Å². The molecule has 0 fully saturated rings. The van der Waals surface area contributed by atoms with E-state index in [0.717, 1.165) is 6.07 Å². The van der Waals surface area contributed by atoms with E-state index in [2.05, 4.69) is 20.6 Å². The number of amides is 1. The molecule has 2 N–H and O–H groups in total. The predicted molar refractivity (Wildman–Crippen MR) is 91.4 cm³/mol. The number of benzene rings is 1. The molecule has 1 aromatic carbocycles. The van der Waals surface area contributed by atoms with Crippen LogP contribution in [-0.4, -0.2) is 15.9 Å². The molecule has 2 heterocycles. The molecule has 9 heteroatoms. The first-order valence-corrected chi connectivity index (χ1v) is 7.92. The normalized spacial score (nSPS) is 11.3. The number of nitrogens with zero attached hydrogens (tertiary/aromatic N) is 2. The third kappa shape index (κ3) is 4.63. The Hall–Kier alpha value is -3.36. The number of alkyl halides is 3. The molecule has 0 bridgehead atoms. The molecule has 0 radical (unpaired) electrons. The smallest absolute Gasteiger partial charge is 0.418 e. The number of rotatable bonds is 5. The molecule has 6 nitrogen and oxygen atoms in total. The van der Waals surface area contributed by atoms with Crippen LogP contribution in [0.15, 0.2) is 53.1 Å². The van der Waals surface area contributed by atoms with E-state index in [9.17, 15) is 18.0 Å². The summed E-state index contributed by atoms with van der Waals surface area (Å²) in [7, 11) is 0. The second-order valence-corrected chi connectivity index (χ2v) is 5.65. The highest BCUT2D eigenvalue weighted by atomic mass is 19.4. The average molecular weight is 376 g/mol. The molecule has 3 aromatic rings. The third-order valence-electron chi connectivity index (χ3n) is 3.57. The second kappa shape index (κ2) is 7.48. The zero-order chi connectivity index (χ0) is 19.4. The van der Waals surface area contributed by atoms with Gasteiger partial charge in [0.2, 0.25) is 5.95 Å². The lowest BCUT2D eigenvalue weighted by Crippen LogP contribution is -2.24. The molecule has 3 rings (SSSR count). The molecule has 0 saturated heterocycles. The number of anilines is 2. The third-order valence-corrected chi connectivity index (χ3v) is 3.57. The topological polar surface area (TPSA) is 80.0 Å². The maximum absolute atomic E-state index is 13.1. The van der Waals surface area contributed by atoms with Crippen LogP contribution in [0.3, 0.4) is 0 Å². The van der Waals surface area contributed by atoms with E-state index in [0.29, 0.717) is 11.5 Å². The number of hydrogen-bond donors (Lipinski definition) is 2. The number of para-hydroxylation sites is 1. The van der Waals surface area contributed by atoms with E-state index in [-0.39, 0.29) is 23.9 Å². The molecule has 140 valence electrons. The van der Waals surface area contributed by atoms with Gasteiger partial charge in [-0.2, -0.15) is 13.2 Å². The van der Waals surface area contributed by atoms with E-state index >= 15 is 0 Å². The van der Waals surface area contributed by atoms with Crippen LogP contribution >= 0.6 is 0 Å². The molecule has 0 atom stereocenters. The predicted octanol–water partition coefficient (Wildman–Crippen LogP) is 4.07. The van der Waals surface area contributed by atoms with Gasteiger partial charge in [-0.15, -0.1) is 0 Å². The van der Waals surface area contributed by atoms with Crippen LogP contribution in [0.25, 0.3) is 0 Å². The van der Waals surface area contributed by atoms with E-state index in [1.54, 1.807) is 19.1 Å². The number of nitrogens with one attached hydrogen (secondary N) is 2. The number of carbonyl (C=O) groups excluding carboxylic acids is 1. The lowest BCUT2D eigenvalue weighted by molar-refractivity contribution is -0.136. The number of furan rings is 1. The summed E-state index contributed by atoms with van der Waals surface area (Å²) in [6.07, 6.45) is -3.05. The van der Waals surface area contributed by atoms with Gasteiger partial charge in [0.1, 0.15) is 11.5 Å². The highest BCUT2D eigenvalue weighted by Gasteiger charge is 2.33.